The van der Waals surface area contributed by atoms with Gasteiger partial charge < -0.3 is 5.11 Å². The van der Waals surface area contributed by atoms with E-state index in [1.165, 1.54) is 31.7 Å². The predicted octanol–water partition coefficient (Wildman–Crippen LogP) is 6.02. The predicted molar refractivity (Wildman–Crippen MR) is 163 cm³/mol. The third kappa shape index (κ3) is 6.41. The Bertz CT molecular complexity index is 1490. The summed E-state index contributed by atoms with van der Waals surface area (Å²) in [4.78, 5) is 0. The zero-order valence-corrected chi connectivity index (χ0v) is 23.9. The molecule has 6 atom stereocenters. The zero-order valence-electron chi connectivity index (χ0n) is 23.9. The highest BCUT2D eigenvalue weighted by molar-refractivity contribution is 5.64. The van der Waals surface area contributed by atoms with Crippen molar-refractivity contribution in [3.8, 4) is 35.1 Å². The molecule has 3 aromatic carbocycles. The number of hydrogen-bond donors (Lipinski definition) is 3. The first-order valence-electron chi connectivity index (χ1n) is 14.9. The van der Waals surface area contributed by atoms with Gasteiger partial charge in [0.15, 0.2) is 0 Å². The van der Waals surface area contributed by atoms with E-state index in [0.29, 0.717) is 17.5 Å². The molecule has 0 radical (unpaired) electrons. The van der Waals surface area contributed by atoms with Crippen molar-refractivity contribution in [1.82, 2.24) is 10.6 Å². The Hall–Kier alpha value is -3.99. The first-order valence-corrected chi connectivity index (χ1v) is 14.9. The fourth-order valence-corrected chi connectivity index (χ4v) is 6.35. The van der Waals surface area contributed by atoms with Gasteiger partial charge in [0.25, 0.3) is 0 Å². The Kier molecular flexibility index (Phi) is 9.68. The number of aliphatic hydroxyl groups is 1. The van der Waals surface area contributed by atoms with Gasteiger partial charge in [-0.05, 0) is 54.2 Å². The normalized spacial score (nSPS) is 26.2. The van der Waals surface area contributed by atoms with Crippen LogP contribution in [0.25, 0.3) is 11.1 Å². The molecule has 0 aromatic heterocycles. The molecule has 1 saturated carbocycles. The summed E-state index contributed by atoms with van der Waals surface area (Å²) >= 11 is 0. The molecule has 3 N–H and O–H groups in total. The van der Waals surface area contributed by atoms with Crippen LogP contribution in [0.2, 0.25) is 0 Å². The van der Waals surface area contributed by atoms with E-state index in [2.05, 4.69) is 41.5 Å². The van der Waals surface area contributed by atoms with Crippen molar-refractivity contribution in [1.29, 1.82) is 10.5 Å². The van der Waals surface area contributed by atoms with Crippen LogP contribution < -0.4 is 10.6 Å². The Morgan fingerprint density at radius 3 is 1.95 bits per heavy atom. The van der Waals surface area contributed by atoms with Crippen LogP contribution in [0.5, 0.6) is 0 Å². The second-order valence-corrected chi connectivity index (χ2v) is 11.4. The molecule has 2 aliphatic heterocycles. The second kappa shape index (κ2) is 13.8. The van der Waals surface area contributed by atoms with Crippen LogP contribution in [0, 0.1) is 46.2 Å². The van der Waals surface area contributed by atoms with Crippen LogP contribution in [0.1, 0.15) is 67.6 Å². The van der Waals surface area contributed by atoms with Crippen LogP contribution in [-0.4, -0.2) is 35.9 Å². The van der Waals surface area contributed by atoms with Crippen molar-refractivity contribution < 1.29 is 9.50 Å². The molecule has 2 heterocycles. The van der Waals surface area contributed by atoms with Crippen molar-refractivity contribution in [2.75, 3.05) is 6.61 Å². The highest BCUT2D eigenvalue weighted by Gasteiger charge is 2.41. The van der Waals surface area contributed by atoms with E-state index in [0.717, 1.165) is 28.7 Å². The first kappa shape index (κ1) is 29.5. The summed E-state index contributed by atoms with van der Waals surface area (Å²) in [5.74, 6) is 7.29. The third-order valence-corrected chi connectivity index (χ3v) is 8.84. The quantitative estimate of drug-likeness (QED) is 0.332. The van der Waals surface area contributed by atoms with E-state index < -0.39 is 0 Å². The molecule has 2 saturated heterocycles. The largest absolute Gasteiger partial charge is 0.395 e. The van der Waals surface area contributed by atoms with Crippen LogP contribution >= 0.6 is 0 Å². The van der Waals surface area contributed by atoms with E-state index in [9.17, 15) is 9.50 Å². The molecule has 3 aliphatic rings. The number of benzene rings is 3. The van der Waals surface area contributed by atoms with E-state index in [1.807, 2.05) is 54.6 Å². The number of nitrogens with one attached hydrogen (secondary N) is 2. The number of rotatable bonds is 5. The molecule has 5 nitrogen and oxygen atoms in total. The van der Waals surface area contributed by atoms with Gasteiger partial charge in [-0.1, -0.05) is 86.2 Å². The Morgan fingerprint density at radius 2 is 1.38 bits per heavy atom. The van der Waals surface area contributed by atoms with Gasteiger partial charge in [-0.25, -0.2) is 4.39 Å². The number of nitriles is 2. The highest BCUT2D eigenvalue weighted by Crippen LogP contribution is 2.35. The Labute approximate surface area is 248 Å². The Balaban J connectivity index is 0.000000168. The van der Waals surface area contributed by atoms with Crippen LogP contribution in [-0.2, 0) is 0 Å². The standard InChI is InChI=1S/C18H17FN2.C18H20N2O/c1-2-16-18(17(11-20)21-16)13-9-7-12(8-10-13)14-5-3-4-6-15(14)19;19-11-16-18(17(12-21)20-16)15-9-7-14(8-10-15)6-5-13-3-1-2-4-13/h3-10,16-18,21H,2H2,1H3;7-10,13,16-18,20-21H,1-4,12H2/t2*16-,17+,18-/m01/s1. The minimum atomic E-state index is -0.211. The Morgan fingerprint density at radius 1 is 0.810 bits per heavy atom. The number of nitrogens with zero attached hydrogens (tertiary/aromatic N) is 2. The molecular formula is C36H37FN4O. The third-order valence-electron chi connectivity index (χ3n) is 8.84. The van der Waals surface area contributed by atoms with Crippen LogP contribution in [0.15, 0.2) is 72.8 Å². The SMILES string of the molecule is CC[C@@H]1N[C@H](C#N)[C@H]1c1ccc(-c2ccccc2F)cc1.N#C[C@H]1N[C@@H](CO)[C@@H]1c1ccc(C#CC2CCCC2)cc1. The molecule has 3 aromatic rings. The molecule has 0 spiro atoms. The molecule has 0 bridgehead atoms. The van der Waals surface area contributed by atoms with Crippen LogP contribution in [0.3, 0.4) is 0 Å². The van der Waals surface area contributed by atoms with Gasteiger partial charge in [0.05, 0.1) is 18.7 Å². The average molecular weight is 561 g/mol. The number of halogens is 1. The molecule has 214 valence electrons. The summed E-state index contributed by atoms with van der Waals surface area (Å²) < 4.78 is 13.8. The number of hydrogen-bond acceptors (Lipinski definition) is 5. The fourth-order valence-electron chi connectivity index (χ4n) is 6.35. The molecule has 6 heteroatoms. The van der Waals surface area contributed by atoms with E-state index in [4.69, 9.17) is 10.5 Å². The molecule has 1 aliphatic carbocycles. The second-order valence-electron chi connectivity index (χ2n) is 11.4. The lowest BCUT2D eigenvalue weighted by Crippen LogP contribution is -2.60. The molecule has 0 amide bonds. The lowest BCUT2D eigenvalue weighted by Gasteiger charge is -2.42. The summed E-state index contributed by atoms with van der Waals surface area (Å²) in [6, 6.07) is 27.4. The van der Waals surface area contributed by atoms with Crippen molar-refractivity contribution in [3.05, 3.63) is 95.3 Å². The zero-order chi connectivity index (χ0) is 29.5. The monoisotopic (exact) mass is 560 g/mol. The van der Waals surface area contributed by atoms with Gasteiger partial charge in [-0.2, -0.15) is 10.5 Å². The minimum absolute atomic E-state index is 0.00919. The summed E-state index contributed by atoms with van der Waals surface area (Å²) in [7, 11) is 0. The van der Waals surface area contributed by atoms with E-state index >= 15 is 0 Å². The van der Waals surface area contributed by atoms with Gasteiger partial charge in [-0.15, -0.1) is 0 Å². The molecule has 0 unspecified atom stereocenters. The highest BCUT2D eigenvalue weighted by atomic mass is 19.1. The van der Waals surface area contributed by atoms with Crippen molar-refractivity contribution in [2.24, 2.45) is 5.92 Å². The smallest absolute Gasteiger partial charge is 0.131 e. The summed E-state index contributed by atoms with van der Waals surface area (Å²) in [5.41, 5.74) is 4.76. The minimum Gasteiger partial charge on any atom is -0.395 e. The lowest BCUT2D eigenvalue weighted by atomic mass is 9.76. The van der Waals surface area contributed by atoms with Crippen LogP contribution in [0.4, 0.5) is 4.39 Å². The lowest BCUT2D eigenvalue weighted by molar-refractivity contribution is 0.151. The summed E-state index contributed by atoms with van der Waals surface area (Å²) in [6.45, 7) is 2.18. The van der Waals surface area contributed by atoms with E-state index in [-0.39, 0.29) is 42.4 Å². The summed E-state index contributed by atoms with van der Waals surface area (Å²) in [5, 5.41) is 33.8. The van der Waals surface area contributed by atoms with Gasteiger partial charge in [0.1, 0.15) is 17.9 Å². The van der Waals surface area contributed by atoms with E-state index in [1.54, 1.807) is 12.1 Å². The van der Waals surface area contributed by atoms with Crippen molar-refractivity contribution in [3.63, 3.8) is 0 Å². The van der Waals surface area contributed by atoms with Gasteiger partial charge in [0.2, 0.25) is 0 Å². The molecule has 6 rings (SSSR count). The van der Waals surface area contributed by atoms with Crippen molar-refractivity contribution >= 4 is 0 Å². The molecule has 3 fully saturated rings. The first-order chi connectivity index (χ1) is 20.6. The fraction of sp³-hybridized carbons (Fsp3) is 0.389. The topological polar surface area (TPSA) is 91.9 Å². The van der Waals surface area contributed by atoms with Crippen molar-refractivity contribution in [2.45, 2.75) is 75.0 Å². The van der Waals surface area contributed by atoms with Gasteiger partial charge in [-0.3, -0.25) is 10.6 Å². The number of aliphatic hydroxyl groups excluding tert-OH is 1. The molecular weight excluding hydrogens is 523 g/mol. The average Bonchev–Trinajstić information content (AvgIpc) is 3.52. The molecule has 42 heavy (non-hydrogen) atoms. The van der Waals surface area contributed by atoms with Gasteiger partial charge >= 0.3 is 0 Å². The summed E-state index contributed by atoms with van der Waals surface area (Å²) in [6.07, 6.45) is 6.09. The maximum absolute atomic E-state index is 13.8. The maximum Gasteiger partial charge on any atom is 0.131 e. The maximum atomic E-state index is 13.8. The van der Waals surface area contributed by atoms with Gasteiger partial charge in [0, 0.05) is 41.0 Å².